The first-order valence-electron chi connectivity index (χ1n) is 8.48. The molecule has 0 amide bonds. The van der Waals surface area contributed by atoms with Crippen LogP contribution in [0.25, 0.3) is 0 Å². The Morgan fingerprint density at radius 3 is 2.96 bits per heavy atom. The average molecular weight is 336 g/mol. The molecule has 1 aliphatic carbocycles. The van der Waals surface area contributed by atoms with E-state index in [1.807, 2.05) is 18.8 Å². The van der Waals surface area contributed by atoms with Crippen LogP contribution in [0.15, 0.2) is 29.3 Å². The van der Waals surface area contributed by atoms with Crippen molar-refractivity contribution in [3.8, 4) is 0 Å². The van der Waals surface area contributed by atoms with Gasteiger partial charge < -0.3 is 15.4 Å². The molecule has 1 unspecified atom stereocenters. The maximum atomic E-state index is 6.12. The summed E-state index contributed by atoms with van der Waals surface area (Å²) in [4.78, 5) is 4.22. The van der Waals surface area contributed by atoms with Gasteiger partial charge >= 0.3 is 0 Å². The summed E-state index contributed by atoms with van der Waals surface area (Å²) in [5.41, 5.74) is 2.85. The topological polar surface area (TPSA) is 45.7 Å². The number of hydrogen-bond acceptors (Lipinski definition) is 3. The second-order valence-corrected chi connectivity index (χ2v) is 6.71. The Balaban J connectivity index is 1.64. The number of hydrogen-bond donors (Lipinski definition) is 2. The fourth-order valence-corrected chi connectivity index (χ4v) is 3.19. The number of guanidine groups is 1. The molecular weight excluding hydrogens is 306 g/mol. The molecule has 0 fully saturated rings. The monoisotopic (exact) mass is 335 g/mol. The lowest BCUT2D eigenvalue weighted by Gasteiger charge is -2.25. The molecule has 1 atom stereocenters. The predicted octanol–water partition coefficient (Wildman–Crippen LogP) is 3.00. The molecule has 128 valence electrons. The lowest BCUT2D eigenvalue weighted by molar-refractivity contribution is 0.0398. The summed E-state index contributed by atoms with van der Waals surface area (Å²) in [5, 5.41) is 6.64. The summed E-state index contributed by atoms with van der Waals surface area (Å²) >= 11 is 1.83. The van der Waals surface area contributed by atoms with Gasteiger partial charge in [0.15, 0.2) is 5.96 Å². The third kappa shape index (κ3) is 6.07. The number of fused-ring (bicyclic) bond motifs is 1. The molecule has 0 aromatic heterocycles. The molecule has 1 aliphatic rings. The van der Waals surface area contributed by atoms with E-state index >= 15 is 0 Å². The van der Waals surface area contributed by atoms with Crippen molar-refractivity contribution in [2.75, 3.05) is 38.8 Å². The fraction of sp³-hybridized carbons (Fsp3) is 0.611. The van der Waals surface area contributed by atoms with Gasteiger partial charge in [0.25, 0.3) is 0 Å². The molecule has 2 rings (SSSR count). The van der Waals surface area contributed by atoms with E-state index in [0.717, 1.165) is 44.3 Å². The van der Waals surface area contributed by atoms with E-state index in [-0.39, 0.29) is 6.10 Å². The van der Waals surface area contributed by atoms with Gasteiger partial charge in [0.05, 0.1) is 6.10 Å². The normalized spacial score (nSPS) is 17.7. The Bertz CT molecular complexity index is 493. The summed E-state index contributed by atoms with van der Waals surface area (Å²) in [6.07, 6.45) is 6.93. The number of aryl methyl sites for hydroxylation is 1. The van der Waals surface area contributed by atoms with E-state index in [9.17, 15) is 0 Å². The SMILES string of the molecule is CN=C(NCCCOC1CCCc2ccccc21)NCCSC. The summed E-state index contributed by atoms with van der Waals surface area (Å²) in [6, 6.07) is 8.69. The van der Waals surface area contributed by atoms with Crippen LogP contribution in [0.4, 0.5) is 0 Å². The third-order valence-electron chi connectivity index (χ3n) is 4.07. The minimum Gasteiger partial charge on any atom is -0.373 e. The zero-order chi connectivity index (χ0) is 16.3. The smallest absolute Gasteiger partial charge is 0.191 e. The minimum atomic E-state index is 0.277. The first-order valence-corrected chi connectivity index (χ1v) is 9.87. The van der Waals surface area contributed by atoms with E-state index in [4.69, 9.17) is 4.74 Å². The van der Waals surface area contributed by atoms with Crippen LogP contribution in [0.3, 0.4) is 0 Å². The van der Waals surface area contributed by atoms with E-state index < -0.39 is 0 Å². The summed E-state index contributed by atoms with van der Waals surface area (Å²) in [6.45, 7) is 2.61. The Hall–Kier alpha value is -1.20. The van der Waals surface area contributed by atoms with Crippen LogP contribution in [0.5, 0.6) is 0 Å². The lowest BCUT2D eigenvalue weighted by atomic mass is 9.89. The van der Waals surface area contributed by atoms with Gasteiger partial charge in [-0.05, 0) is 43.1 Å². The summed E-state index contributed by atoms with van der Waals surface area (Å²) in [7, 11) is 1.81. The fourth-order valence-electron chi connectivity index (χ4n) is 2.88. The van der Waals surface area contributed by atoms with Gasteiger partial charge in [-0.2, -0.15) is 11.8 Å². The summed E-state index contributed by atoms with van der Waals surface area (Å²) < 4.78 is 6.12. The molecule has 0 spiro atoms. The van der Waals surface area contributed by atoms with Crippen molar-refractivity contribution in [3.05, 3.63) is 35.4 Å². The van der Waals surface area contributed by atoms with E-state index in [1.54, 1.807) is 0 Å². The predicted molar refractivity (Wildman–Crippen MR) is 100 cm³/mol. The van der Waals surface area contributed by atoms with Gasteiger partial charge in [0.2, 0.25) is 0 Å². The van der Waals surface area contributed by atoms with Crippen molar-refractivity contribution in [2.45, 2.75) is 31.8 Å². The van der Waals surface area contributed by atoms with Gasteiger partial charge in [0, 0.05) is 32.5 Å². The highest BCUT2D eigenvalue weighted by atomic mass is 32.2. The highest BCUT2D eigenvalue weighted by Gasteiger charge is 2.19. The second-order valence-electron chi connectivity index (χ2n) is 5.72. The minimum absolute atomic E-state index is 0.277. The quantitative estimate of drug-likeness (QED) is 0.435. The van der Waals surface area contributed by atoms with Crippen molar-refractivity contribution < 1.29 is 4.74 Å². The van der Waals surface area contributed by atoms with Gasteiger partial charge in [0.1, 0.15) is 0 Å². The molecule has 0 saturated carbocycles. The molecule has 0 saturated heterocycles. The van der Waals surface area contributed by atoms with Crippen LogP contribution in [-0.4, -0.2) is 44.7 Å². The number of ether oxygens (including phenoxy) is 1. The number of thioether (sulfide) groups is 1. The van der Waals surface area contributed by atoms with E-state index in [1.165, 1.54) is 24.0 Å². The van der Waals surface area contributed by atoms with Crippen LogP contribution >= 0.6 is 11.8 Å². The van der Waals surface area contributed by atoms with Crippen molar-refractivity contribution in [3.63, 3.8) is 0 Å². The second kappa shape index (κ2) is 10.6. The molecule has 0 bridgehead atoms. The summed E-state index contributed by atoms with van der Waals surface area (Å²) in [5.74, 6) is 1.97. The van der Waals surface area contributed by atoms with Crippen LogP contribution in [0.2, 0.25) is 0 Å². The van der Waals surface area contributed by atoms with Gasteiger partial charge in [-0.3, -0.25) is 4.99 Å². The number of benzene rings is 1. The first kappa shape index (κ1) is 18.1. The largest absolute Gasteiger partial charge is 0.373 e. The zero-order valence-electron chi connectivity index (χ0n) is 14.3. The van der Waals surface area contributed by atoms with E-state index in [0.29, 0.717) is 0 Å². The first-order chi connectivity index (χ1) is 11.3. The molecule has 0 aliphatic heterocycles. The Morgan fingerprint density at radius 2 is 2.13 bits per heavy atom. The van der Waals surface area contributed by atoms with Crippen molar-refractivity contribution in [1.29, 1.82) is 0 Å². The highest BCUT2D eigenvalue weighted by molar-refractivity contribution is 7.98. The number of nitrogens with zero attached hydrogens (tertiary/aromatic N) is 1. The third-order valence-corrected chi connectivity index (χ3v) is 4.68. The molecule has 0 radical (unpaired) electrons. The van der Waals surface area contributed by atoms with Crippen molar-refractivity contribution in [1.82, 2.24) is 10.6 Å². The Labute approximate surface area is 144 Å². The molecule has 2 N–H and O–H groups in total. The zero-order valence-corrected chi connectivity index (χ0v) is 15.1. The molecule has 23 heavy (non-hydrogen) atoms. The van der Waals surface area contributed by atoms with E-state index in [2.05, 4.69) is 46.1 Å². The number of nitrogens with one attached hydrogen (secondary N) is 2. The Kier molecular flexibility index (Phi) is 8.32. The van der Waals surface area contributed by atoms with Crippen LogP contribution < -0.4 is 10.6 Å². The average Bonchev–Trinajstić information content (AvgIpc) is 2.60. The molecule has 1 aromatic carbocycles. The highest BCUT2D eigenvalue weighted by Crippen LogP contribution is 2.32. The maximum Gasteiger partial charge on any atom is 0.191 e. The van der Waals surface area contributed by atoms with Crippen molar-refractivity contribution in [2.24, 2.45) is 4.99 Å². The van der Waals surface area contributed by atoms with Gasteiger partial charge in [-0.1, -0.05) is 24.3 Å². The molecule has 5 heteroatoms. The lowest BCUT2D eigenvalue weighted by Crippen LogP contribution is -2.39. The molecule has 1 aromatic rings. The molecule has 0 heterocycles. The molecule has 4 nitrogen and oxygen atoms in total. The maximum absolute atomic E-state index is 6.12. The van der Waals surface area contributed by atoms with Gasteiger partial charge in [-0.15, -0.1) is 0 Å². The van der Waals surface area contributed by atoms with Crippen LogP contribution in [0.1, 0.15) is 36.5 Å². The Morgan fingerprint density at radius 1 is 1.30 bits per heavy atom. The van der Waals surface area contributed by atoms with Gasteiger partial charge in [-0.25, -0.2) is 0 Å². The number of rotatable bonds is 8. The van der Waals surface area contributed by atoms with Crippen molar-refractivity contribution >= 4 is 17.7 Å². The standard InChI is InChI=1S/C18H29N3OS/c1-19-18(21-12-14-23-2)20-11-6-13-22-17-10-5-8-15-7-3-4-9-16(15)17/h3-4,7,9,17H,5-6,8,10-14H2,1-2H3,(H2,19,20,21). The van der Waals surface area contributed by atoms with Crippen LogP contribution in [-0.2, 0) is 11.2 Å². The molecular formula is C18H29N3OS. The van der Waals surface area contributed by atoms with Crippen LogP contribution in [0, 0.1) is 0 Å². The number of aliphatic imine (C=N–C) groups is 1.